The second kappa shape index (κ2) is 5.74. The molecule has 17 heavy (non-hydrogen) atoms. The molecule has 0 spiro atoms. The van der Waals surface area contributed by atoms with Crippen molar-refractivity contribution in [3.63, 3.8) is 0 Å². The minimum Gasteiger partial charge on any atom is -0.370 e. The normalized spacial score (nSPS) is 17.5. The first-order valence-electron chi connectivity index (χ1n) is 6.48. The van der Waals surface area contributed by atoms with Crippen LogP contribution >= 0.6 is 11.6 Å². The van der Waals surface area contributed by atoms with E-state index >= 15 is 0 Å². The monoisotopic (exact) mass is 252 g/mol. The first-order valence-corrected chi connectivity index (χ1v) is 6.86. The predicted molar refractivity (Wildman–Crippen MR) is 74.6 cm³/mol. The molecule has 1 aromatic carbocycles. The van der Waals surface area contributed by atoms with Crippen LogP contribution in [0.4, 0.5) is 5.69 Å². The van der Waals surface area contributed by atoms with E-state index in [2.05, 4.69) is 17.9 Å². The minimum absolute atomic E-state index is 0.559. The van der Waals surface area contributed by atoms with Crippen LogP contribution in [0.2, 0.25) is 5.02 Å². The first-order chi connectivity index (χ1) is 8.26. The van der Waals surface area contributed by atoms with Crippen LogP contribution in [0.15, 0.2) is 18.2 Å². The van der Waals surface area contributed by atoms with Crippen LogP contribution in [-0.4, -0.2) is 13.1 Å². The maximum Gasteiger partial charge on any atom is 0.0642 e. The van der Waals surface area contributed by atoms with Gasteiger partial charge >= 0.3 is 0 Å². The van der Waals surface area contributed by atoms with Gasteiger partial charge in [-0.15, -0.1) is 0 Å². The van der Waals surface area contributed by atoms with Crippen molar-refractivity contribution >= 4 is 17.3 Å². The Morgan fingerprint density at radius 3 is 2.65 bits per heavy atom. The fraction of sp³-hybridized carbons (Fsp3) is 0.571. The molecular formula is C14H21ClN2. The van der Waals surface area contributed by atoms with Crippen molar-refractivity contribution in [2.75, 3.05) is 18.0 Å². The lowest BCUT2D eigenvalue weighted by atomic mass is 9.94. The number of nitrogens with two attached hydrogens (primary N) is 1. The van der Waals surface area contributed by atoms with Gasteiger partial charge in [0.25, 0.3) is 0 Å². The van der Waals surface area contributed by atoms with Crippen LogP contribution in [0.3, 0.4) is 0 Å². The highest BCUT2D eigenvalue weighted by atomic mass is 35.5. The summed E-state index contributed by atoms with van der Waals surface area (Å²) >= 11 is 6.31. The molecule has 2 nitrogen and oxygen atoms in total. The fourth-order valence-corrected chi connectivity index (χ4v) is 2.96. The summed E-state index contributed by atoms with van der Waals surface area (Å²) in [7, 11) is 0. The summed E-state index contributed by atoms with van der Waals surface area (Å²) in [6, 6.07) is 6.02. The molecule has 0 unspecified atom stereocenters. The van der Waals surface area contributed by atoms with E-state index in [1.54, 1.807) is 0 Å². The molecule has 1 saturated heterocycles. The Morgan fingerprint density at radius 1 is 1.35 bits per heavy atom. The van der Waals surface area contributed by atoms with Gasteiger partial charge < -0.3 is 10.6 Å². The molecular weight excluding hydrogens is 232 g/mol. The Bertz CT molecular complexity index is 370. The number of halogens is 1. The van der Waals surface area contributed by atoms with Crippen molar-refractivity contribution < 1.29 is 0 Å². The smallest absolute Gasteiger partial charge is 0.0642 e. The highest BCUT2D eigenvalue weighted by Crippen LogP contribution is 2.33. The molecule has 1 aliphatic heterocycles. The Morgan fingerprint density at radius 2 is 2.06 bits per heavy atom. The van der Waals surface area contributed by atoms with E-state index in [1.165, 1.54) is 19.3 Å². The lowest BCUT2D eigenvalue weighted by Gasteiger charge is -2.35. The van der Waals surface area contributed by atoms with Crippen molar-refractivity contribution in [2.45, 2.75) is 32.7 Å². The summed E-state index contributed by atoms with van der Waals surface area (Å²) in [6.07, 6.45) is 3.83. The Kier molecular flexibility index (Phi) is 4.30. The number of para-hydroxylation sites is 1. The average Bonchev–Trinajstić information content (AvgIpc) is 2.38. The van der Waals surface area contributed by atoms with Gasteiger partial charge in [-0.25, -0.2) is 0 Å². The van der Waals surface area contributed by atoms with Crippen molar-refractivity contribution in [3.05, 3.63) is 28.8 Å². The SMILES string of the molecule is CCC1CCN(c2c(Cl)cccc2CN)CC1. The molecule has 0 bridgehead atoms. The van der Waals surface area contributed by atoms with E-state index < -0.39 is 0 Å². The first kappa shape index (κ1) is 12.7. The van der Waals surface area contributed by atoms with Crippen LogP contribution < -0.4 is 10.6 Å². The predicted octanol–water partition coefficient (Wildman–Crippen LogP) is 3.43. The summed E-state index contributed by atoms with van der Waals surface area (Å²) in [5.41, 5.74) is 8.11. The standard InChI is InChI=1S/C14H21ClN2/c1-2-11-6-8-17(9-7-11)14-12(10-16)4-3-5-13(14)15/h3-5,11H,2,6-10,16H2,1H3. The molecule has 1 aliphatic rings. The summed E-state index contributed by atoms with van der Waals surface area (Å²) < 4.78 is 0. The van der Waals surface area contributed by atoms with Crippen LogP contribution in [0.5, 0.6) is 0 Å². The van der Waals surface area contributed by atoms with E-state index in [0.29, 0.717) is 6.54 Å². The summed E-state index contributed by atoms with van der Waals surface area (Å²) in [5, 5.41) is 0.836. The molecule has 0 atom stereocenters. The van der Waals surface area contributed by atoms with Gasteiger partial charge in [-0.2, -0.15) is 0 Å². The third kappa shape index (κ3) is 2.75. The second-order valence-electron chi connectivity index (χ2n) is 4.79. The average molecular weight is 253 g/mol. The van der Waals surface area contributed by atoms with Crippen molar-refractivity contribution in [2.24, 2.45) is 11.7 Å². The molecule has 3 heteroatoms. The molecule has 2 N–H and O–H groups in total. The zero-order valence-electron chi connectivity index (χ0n) is 10.5. The van der Waals surface area contributed by atoms with E-state index in [9.17, 15) is 0 Å². The molecule has 2 rings (SSSR count). The number of hydrogen-bond donors (Lipinski definition) is 1. The van der Waals surface area contributed by atoms with Gasteiger partial charge in [-0.05, 0) is 30.4 Å². The molecule has 1 aromatic rings. The molecule has 1 fully saturated rings. The summed E-state index contributed by atoms with van der Waals surface area (Å²) in [4.78, 5) is 2.40. The van der Waals surface area contributed by atoms with Crippen LogP contribution in [-0.2, 0) is 6.54 Å². The number of benzene rings is 1. The lowest BCUT2D eigenvalue weighted by molar-refractivity contribution is 0.395. The maximum absolute atomic E-state index is 6.31. The zero-order valence-corrected chi connectivity index (χ0v) is 11.2. The number of rotatable bonds is 3. The highest BCUT2D eigenvalue weighted by molar-refractivity contribution is 6.33. The number of piperidine rings is 1. The van der Waals surface area contributed by atoms with Crippen LogP contribution in [0.1, 0.15) is 31.7 Å². The van der Waals surface area contributed by atoms with Gasteiger partial charge in [0.2, 0.25) is 0 Å². The maximum atomic E-state index is 6.31. The highest BCUT2D eigenvalue weighted by Gasteiger charge is 2.21. The molecule has 0 amide bonds. The summed E-state index contributed by atoms with van der Waals surface area (Å²) in [6.45, 7) is 5.05. The lowest BCUT2D eigenvalue weighted by Crippen LogP contribution is -2.34. The third-order valence-corrected chi connectivity index (χ3v) is 4.10. The largest absolute Gasteiger partial charge is 0.370 e. The van der Waals surface area contributed by atoms with E-state index in [4.69, 9.17) is 17.3 Å². The minimum atomic E-state index is 0.559. The second-order valence-corrected chi connectivity index (χ2v) is 5.20. The van der Waals surface area contributed by atoms with Crippen LogP contribution in [0, 0.1) is 5.92 Å². The van der Waals surface area contributed by atoms with E-state index in [0.717, 1.165) is 35.3 Å². The van der Waals surface area contributed by atoms with Gasteiger partial charge in [0.05, 0.1) is 10.7 Å². The van der Waals surface area contributed by atoms with E-state index in [1.807, 2.05) is 12.1 Å². The van der Waals surface area contributed by atoms with Crippen molar-refractivity contribution in [1.82, 2.24) is 0 Å². The quantitative estimate of drug-likeness (QED) is 0.893. The zero-order chi connectivity index (χ0) is 12.3. The third-order valence-electron chi connectivity index (χ3n) is 3.80. The van der Waals surface area contributed by atoms with Crippen molar-refractivity contribution in [1.29, 1.82) is 0 Å². The Labute approximate surface area is 109 Å². The molecule has 94 valence electrons. The molecule has 1 heterocycles. The van der Waals surface area contributed by atoms with E-state index in [-0.39, 0.29) is 0 Å². The van der Waals surface area contributed by atoms with Gasteiger partial charge in [0, 0.05) is 19.6 Å². The summed E-state index contributed by atoms with van der Waals surface area (Å²) in [5.74, 6) is 0.884. The topological polar surface area (TPSA) is 29.3 Å². The molecule has 0 radical (unpaired) electrons. The number of nitrogens with zero attached hydrogens (tertiary/aromatic N) is 1. The van der Waals surface area contributed by atoms with Gasteiger partial charge in [-0.3, -0.25) is 0 Å². The Hall–Kier alpha value is -0.730. The Balaban J connectivity index is 2.17. The van der Waals surface area contributed by atoms with Crippen molar-refractivity contribution in [3.8, 4) is 0 Å². The van der Waals surface area contributed by atoms with Gasteiger partial charge in [0.1, 0.15) is 0 Å². The molecule has 0 aromatic heterocycles. The molecule has 0 saturated carbocycles. The molecule has 0 aliphatic carbocycles. The van der Waals surface area contributed by atoms with Gasteiger partial charge in [0.15, 0.2) is 0 Å². The fourth-order valence-electron chi connectivity index (χ4n) is 2.64. The van der Waals surface area contributed by atoms with Crippen LogP contribution in [0.25, 0.3) is 0 Å². The number of anilines is 1. The number of hydrogen-bond acceptors (Lipinski definition) is 2. The van der Waals surface area contributed by atoms with Gasteiger partial charge in [-0.1, -0.05) is 37.1 Å².